The van der Waals surface area contributed by atoms with Crippen LogP contribution < -0.4 is 0 Å². The first-order valence-electron chi connectivity index (χ1n) is 5.00. The van der Waals surface area contributed by atoms with Crippen LogP contribution in [0.1, 0.15) is 64.2 Å². The van der Waals surface area contributed by atoms with Gasteiger partial charge < -0.3 is 29.7 Å². The number of hydrogen-bond donors (Lipinski definition) is 0. The molecule has 15 heavy (non-hydrogen) atoms. The molecule has 0 bridgehead atoms. The molecule has 2 saturated carbocycles. The monoisotopic (exact) mass is 380 g/mol. The molecular formula is C14H32Hf. The van der Waals surface area contributed by atoms with Crippen LogP contribution in [0.3, 0.4) is 0 Å². The molecule has 0 saturated heterocycles. The van der Waals surface area contributed by atoms with Crippen LogP contribution in [0.5, 0.6) is 0 Å². The minimum absolute atomic E-state index is 0. The molecule has 0 heterocycles. The molecule has 0 N–H and O–H groups in total. The molecule has 0 atom stereocenters. The Hall–Kier alpha value is 0.870. The Morgan fingerprint density at radius 3 is 0.400 bits per heavy atom. The van der Waals surface area contributed by atoms with Crippen LogP contribution in [0.4, 0.5) is 0 Å². The van der Waals surface area contributed by atoms with Crippen LogP contribution in [-0.2, 0) is 25.8 Å². The minimum atomic E-state index is 0. The minimum Gasteiger partial charge on any atom is -0.358 e. The van der Waals surface area contributed by atoms with Gasteiger partial charge in [-0.3, -0.25) is 0 Å². The molecule has 2 aliphatic carbocycles. The molecule has 0 aromatic rings. The first-order valence-corrected chi connectivity index (χ1v) is 5.00. The molecule has 92 valence electrons. The van der Waals surface area contributed by atoms with Gasteiger partial charge in [-0.2, -0.15) is 0 Å². The van der Waals surface area contributed by atoms with Crippen molar-refractivity contribution in [2.45, 2.75) is 64.2 Å². The summed E-state index contributed by atoms with van der Waals surface area (Å²) >= 11 is 0. The fraction of sp³-hybridized carbons (Fsp3) is 0.714. The van der Waals surface area contributed by atoms with Gasteiger partial charge in [0.1, 0.15) is 0 Å². The van der Waals surface area contributed by atoms with E-state index < -0.39 is 0 Å². The standard InChI is InChI=1S/2C5H10.4CH3.Hf/c2*1-2-4-5-3-1;;;;;/h2*1-5H2;4*1H3;/q;;4*-1;+4. The molecule has 0 amide bonds. The summed E-state index contributed by atoms with van der Waals surface area (Å²) in [7, 11) is 0. The zero-order valence-corrected chi connectivity index (χ0v) is 15.2. The molecule has 2 aliphatic rings. The summed E-state index contributed by atoms with van der Waals surface area (Å²) in [6.07, 6.45) is 15.0. The van der Waals surface area contributed by atoms with E-state index in [1.165, 1.54) is 64.2 Å². The average molecular weight is 379 g/mol. The smallest absolute Gasteiger partial charge is 0.358 e. The van der Waals surface area contributed by atoms with E-state index in [9.17, 15) is 0 Å². The van der Waals surface area contributed by atoms with Crippen molar-refractivity contribution in [2.24, 2.45) is 0 Å². The Morgan fingerprint density at radius 2 is 0.333 bits per heavy atom. The Labute approximate surface area is 119 Å². The van der Waals surface area contributed by atoms with Gasteiger partial charge in [-0.15, -0.1) is 0 Å². The maximum Gasteiger partial charge on any atom is 4.00 e. The molecule has 0 aliphatic heterocycles. The van der Waals surface area contributed by atoms with Crippen molar-refractivity contribution in [1.82, 2.24) is 0 Å². The van der Waals surface area contributed by atoms with Crippen molar-refractivity contribution in [1.29, 1.82) is 0 Å². The fourth-order valence-electron chi connectivity index (χ4n) is 1.77. The molecule has 0 radical (unpaired) electrons. The summed E-state index contributed by atoms with van der Waals surface area (Å²) in [4.78, 5) is 0. The third-order valence-electron chi connectivity index (χ3n) is 2.50. The summed E-state index contributed by atoms with van der Waals surface area (Å²) in [6.45, 7) is 0. The van der Waals surface area contributed by atoms with E-state index in [1.807, 2.05) is 0 Å². The second kappa shape index (κ2) is 24.2. The van der Waals surface area contributed by atoms with Crippen molar-refractivity contribution < 1.29 is 25.8 Å². The van der Waals surface area contributed by atoms with Crippen LogP contribution in [0, 0.1) is 29.7 Å². The van der Waals surface area contributed by atoms with Gasteiger partial charge >= 0.3 is 25.8 Å². The average Bonchev–Trinajstić information content (AvgIpc) is 2.67. The molecule has 0 aromatic heterocycles. The van der Waals surface area contributed by atoms with E-state index >= 15 is 0 Å². The quantitative estimate of drug-likeness (QED) is 0.374. The summed E-state index contributed by atoms with van der Waals surface area (Å²) in [5.41, 5.74) is 0. The third-order valence-corrected chi connectivity index (χ3v) is 2.50. The summed E-state index contributed by atoms with van der Waals surface area (Å²) < 4.78 is 0. The predicted molar refractivity (Wildman–Crippen MR) is 71.8 cm³/mol. The predicted octanol–water partition coefficient (Wildman–Crippen LogP) is 5.70. The second-order valence-electron chi connectivity index (χ2n) is 3.54. The van der Waals surface area contributed by atoms with Crippen LogP contribution in [0.25, 0.3) is 0 Å². The zero-order valence-electron chi connectivity index (χ0n) is 11.6. The van der Waals surface area contributed by atoms with Gasteiger partial charge in [0.05, 0.1) is 0 Å². The molecule has 1 heteroatoms. The van der Waals surface area contributed by atoms with Crippen molar-refractivity contribution in [3.8, 4) is 0 Å². The van der Waals surface area contributed by atoms with E-state index in [2.05, 4.69) is 0 Å². The van der Waals surface area contributed by atoms with Gasteiger partial charge in [0.15, 0.2) is 0 Å². The molecule has 2 rings (SSSR count). The van der Waals surface area contributed by atoms with E-state index in [-0.39, 0.29) is 55.5 Å². The number of hydrogen-bond acceptors (Lipinski definition) is 0. The second-order valence-corrected chi connectivity index (χ2v) is 3.54. The van der Waals surface area contributed by atoms with Crippen molar-refractivity contribution in [3.63, 3.8) is 0 Å². The first kappa shape index (κ1) is 29.7. The van der Waals surface area contributed by atoms with Crippen molar-refractivity contribution in [2.75, 3.05) is 0 Å². The summed E-state index contributed by atoms with van der Waals surface area (Å²) in [5.74, 6) is 0. The van der Waals surface area contributed by atoms with Crippen molar-refractivity contribution >= 4 is 0 Å². The molecular weight excluding hydrogens is 347 g/mol. The number of rotatable bonds is 0. The van der Waals surface area contributed by atoms with Gasteiger partial charge in [-0.25, -0.2) is 0 Å². The van der Waals surface area contributed by atoms with E-state index in [0.717, 1.165) is 0 Å². The molecule has 0 nitrogen and oxygen atoms in total. The van der Waals surface area contributed by atoms with Crippen LogP contribution in [0.15, 0.2) is 0 Å². The van der Waals surface area contributed by atoms with Gasteiger partial charge in [-0.1, -0.05) is 64.2 Å². The van der Waals surface area contributed by atoms with Gasteiger partial charge in [0.25, 0.3) is 0 Å². The normalized spacial score (nSPS) is 16.0. The van der Waals surface area contributed by atoms with E-state index in [0.29, 0.717) is 0 Å². The van der Waals surface area contributed by atoms with Crippen molar-refractivity contribution in [3.05, 3.63) is 29.7 Å². The van der Waals surface area contributed by atoms with E-state index in [4.69, 9.17) is 0 Å². The fourth-order valence-corrected chi connectivity index (χ4v) is 1.77. The SMILES string of the molecule is C1CCCC1.C1CCCC1.[CH3-].[CH3-].[CH3-].[CH3-].[Hf+4]. The molecule has 0 spiro atoms. The summed E-state index contributed by atoms with van der Waals surface area (Å²) in [5, 5.41) is 0. The maximum atomic E-state index is 1.50. The summed E-state index contributed by atoms with van der Waals surface area (Å²) in [6, 6.07) is 0. The third kappa shape index (κ3) is 20.8. The molecule has 2 fully saturated rings. The Kier molecular flexibility index (Phi) is 47.9. The zero-order chi connectivity index (χ0) is 7.07. The maximum absolute atomic E-state index is 1.50. The Morgan fingerprint density at radius 1 is 0.267 bits per heavy atom. The Balaban J connectivity index is -0.0000000333. The molecule has 0 unspecified atom stereocenters. The molecule has 0 aromatic carbocycles. The van der Waals surface area contributed by atoms with Crippen LogP contribution >= 0.6 is 0 Å². The first-order chi connectivity index (χ1) is 5.00. The topological polar surface area (TPSA) is 0 Å². The van der Waals surface area contributed by atoms with Gasteiger partial charge in [0.2, 0.25) is 0 Å². The van der Waals surface area contributed by atoms with Gasteiger partial charge in [-0.05, 0) is 0 Å². The Bertz CT molecular complexity index is 38.5. The largest absolute Gasteiger partial charge is 4.00 e. The van der Waals surface area contributed by atoms with Crippen LogP contribution in [-0.4, -0.2) is 0 Å². The van der Waals surface area contributed by atoms with E-state index in [1.54, 1.807) is 0 Å². The van der Waals surface area contributed by atoms with Crippen LogP contribution in [0.2, 0.25) is 0 Å². The van der Waals surface area contributed by atoms with Gasteiger partial charge in [0, 0.05) is 0 Å².